The molecule has 32 heavy (non-hydrogen) atoms. The van der Waals surface area contributed by atoms with Gasteiger partial charge in [0, 0.05) is 11.1 Å². The molecule has 8 nitrogen and oxygen atoms in total. The highest BCUT2D eigenvalue weighted by Crippen LogP contribution is 2.40. The number of hydrogen-bond acceptors (Lipinski definition) is 6. The maximum absolute atomic E-state index is 11.6. The van der Waals surface area contributed by atoms with E-state index in [9.17, 15) is 15.0 Å². The lowest BCUT2D eigenvalue weighted by atomic mass is 10.0. The van der Waals surface area contributed by atoms with E-state index in [1.807, 2.05) is 32.0 Å². The van der Waals surface area contributed by atoms with Crippen LogP contribution in [-0.2, 0) is 6.54 Å². The number of para-hydroxylation sites is 1. The second kappa shape index (κ2) is 10.2. The molecule has 8 heteroatoms. The SMILES string of the molecule is CCOc1ccc(C(=O)O)cc1-c1cc(-c2cccc(OC)c2OC)n(CC(O)CC)n1. The molecule has 0 aliphatic rings. The number of aliphatic hydroxyl groups is 1. The topological polar surface area (TPSA) is 103 Å². The first-order valence-corrected chi connectivity index (χ1v) is 10.4. The van der Waals surface area contributed by atoms with Gasteiger partial charge in [0.1, 0.15) is 5.75 Å². The van der Waals surface area contributed by atoms with Crippen molar-refractivity contribution in [3.05, 3.63) is 48.0 Å². The third kappa shape index (κ3) is 4.70. The molecule has 2 aromatic carbocycles. The summed E-state index contributed by atoms with van der Waals surface area (Å²) in [5.41, 5.74) is 2.65. The molecular weight excluding hydrogens is 412 g/mol. The lowest BCUT2D eigenvalue weighted by Crippen LogP contribution is -2.16. The molecule has 0 saturated carbocycles. The largest absolute Gasteiger partial charge is 0.493 e. The van der Waals surface area contributed by atoms with E-state index in [1.54, 1.807) is 37.1 Å². The Morgan fingerprint density at radius 3 is 2.47 bits per heavy atom. The fraction of sp³-hybridized carbons (Fsp3) is 0.333. The Hall–Kier alpha value is -3.52. The van der Waals surface area contributed by atoms with E-state index in [2.05, 4.69) is 0 Å². The maximum atomic E-state index is 11.6. The van der Waals surface area contributed by atoms with Gasteiger partial charge in [-0.15, -0.1) is 0 Å². The van der Waals surface area contributed by atoms with Gasteiger partial charge in [-0.25, -0.2) is 4.79 Å². The van der Waals surface area contributed by atoms with Gasteiger partial charge in [0.05, 0.1) is 50.4 Å². The van der Waals surface area contributed by atoms with Gasteiger partial charge in [-0.3, -0.25) is 4.68 Å². The summed E-state index contributed by atoms with van der Waals surface area (Å²) in [5, 5.41) is 24.5. The first-order valence-electron chi connectivity index (χ1n) is 10.4. The zero-order valence-corrected chi connectivity index (χ0v) is 18.7. The number of aromatic nitrogens is 2. The van der Waals surface area contributed by atoms with Gasteiger partial charge in [0.25, 0.3) is 0 Å². The van der Waals surface area contributed by atoms with Crippen molar-refractivity contribution >= 4 is 5.97 Å². The van der Waals surface area contributed by atoms with Gasteiger partial charge in [-0.05, 0) is 49.7 Å². The fourth-order valence-corrected chi connectivity index (χ4v) is 3.47. The van der Waals surface area contributed by atoms with Gasteiger partial charge in [-0.1, -0.05) is 13.0 Å². The number of carboxylic acid groups (broad SMARTS) is 1. The van der Waals surface area contributed by atoms with Crippen molar-refractivity contribution in [3.63, 3.8) is 0 Å². The Morgan fingerprint density at radius 1 is 1.06 bits per heavy atom. The summed E-state index contributed by atoms with van der Waals surface area (Å²) in [6.07, 6.45) is -0.0439. The second-order valence-electron chi connectivity index (χ2n) is 7.15. The molecule has 3 aromatic rings. The molecule has 1 atom stereocenters. The number of hydrogen-bond donors (Lipinski definition) is 2. The molecule has 0 aliphatic carbocycles. The highest BCUT2D eigenvalue weighted by atomic mass is 16.5. The lowest BCUT2D eigenvalue weighted by Gasteiger charge is -2.15. The van der Waals surface area contributed by atoms with E-state index in [4.69, 9.17) is 19.3 Å². The Bertz CT molecular complexity index is 1090. The van der Waals surface area contributed by atoms with Gasteiger partial charge in [0.2, 0.25) is 0 Å². The summed E-state index contributed by atoms with van der Waals surface area (Å²) < 4.78 is 18.5. The Kier molecular flexibility index (Phi) is 7.37. The molecule has 0 radical (unpaired) electrons. The minimum Gasteiger partial charge on any atom is -0.493 e. The average Bonchev–Trinajstić information content (AvgIpc) is 3.21. The minimum atomic E-state index is -1.04. The quantitative estimate of drug-likeness (QED) is 0.489. The number of rotatable bonds is 10. The van der Waals surface area contributed by atoms with Crippen molar-refractivity contribution in [2.45, 2.75) is 32.9 Å². The molecule has 0 aliphatic heterocycles. The highest BCUT2D eigenvalue weighted by molar-refractivity contribution is 5.90. The Labute approximate surface area is 187 Å². The maximum Gasteiger partial charge on any atom is 0.335 e. The molecule has 0 fully saturated rings. The molecule has 1 aromatic heterocycles. The van der Waals surface area contributed by atoms with Crippen LogP contribution < -0.4 is 14.2 Å². The van der Waals surface area contributed by atoms with Crippen LogP contribution in [0.1, 0.15) is 30.6 Å². The van der Waals surface area contributed by atoms with E-state index in [0.717, 1.165) is 5.56 Å². The number of methoxy groups -OCH3 is 2. The van der Waals surface area contributed by atoms with Crippen molar-refractivity contribution in [1.29, 1.82) is 0 Å². The fourth-order valence-electron chi connectivity index (χ4n) is 3.47. The lowest BCUT2D eigenvalue weighted by molar-refractivity contribution is 0.0697. The molecule has 0 bridgehead atoms. The van der Waals surface area contributed by atoms with Crippen LogP contribution in [0.3, 0.4) is 0 Å². The zero-order chi connectivity index (χ0) is 23.3. The van der Waals surface area contributed by atoms with Crippen LogP contribution in [0.5, 0.6) is 17.2 Å². The Balaban J connectivity index is 2.23. The second-order valence-corrected chi connectivity index (χ2v) is 7.15. The number of carboxylic acids is 1. The number of aliphatic hydroxyl groups excluding tert-OH is 1. The first kappa shape index (κ1) is 23.1. The third-order valence-electron chi connectivity index (χ3n) is 5.12. The van der Waals surface area contributed by atoms with E-state index in [-0.39, 0.29) is 12.1 Å². The molecule has 0 amide bonds. The van der Waals surface area contributed by atoms with Crippen LogP contribution in [0.4, 0.5) is 0 Å². The van der Waals surface area contributed by atoms with Crippen molar-refractivity contribution in [2.24, 2.45) is 0 Å². The summed E-state index contributed by atoms with van der Waals surface area (Å²) in [6, 6.07) is 12.0. The van der Waals surface area contributed by atoms with E-state index < -0.39 is 12.1 Å². The number of nitrogens with zero attached hydrogens (tertiary/aromatic N) is 2. The molecule has 0 spiro atoms. The molecule has 170 valence electrons. The standard InChI is InChI=1S/C24H28N2O6/c1-5-16(27)14-26-20(17-8-7-9-22(30-3)23(17)31-4)13-19(25-26)18-12-15(24(28)29)10-11-21(18)32-6-2/h7-13,16,27H,5-6,14H2,1-4H3,(H,28,29). The van der Waals surface area contributed by atoms with E-state index in [1.165, 1.54) is 6.07 Å². The summed E-state index contributed by atoms with van der Waals surface area (Å²) in [7, 11) is 3.13. The molecule has 3 rings (SSSR count). The molecule has 0 saturated heterocycles. The van der Waals surface area contributed by atoms with E-state index in [0.29, 0.717) is 47.2 Å². The normalized spacial score (nSPS) is 11.8. The van der Waals surface area contributed by atoms with Crippen molar-refractivity contribution in [3.8, 4) is 39.8 Å². The van der Waals surface area contributed by atoms with Crippen LogP contribution in [0.15, 0.2) is 42.5 Å². The molecule has 1 unspecified atom stereocenters. The molecular formula is C24H28N2O6. The summed E-state index contributed by atoms with van der Waals surface area (Å²) >= 11 is 0. The smallest absolute Gasteiger partial charge is 0.335 e. The van der Waals surface area contributed by atoms with Gasteiger partial charge < -0.3 is 24.4 Å². The van der Waals surface area contributed by atoms with Crippen molar-refractivity contribution in [1.82, 2.24) is 9.78 Å². The van der Waals surface area contributed by atoms with Gasteiger partial charge in [0.15, 0.2) is 11.5 Å². The number of aromatic carboxylic acids is 1. The van der Waals surface area contributed by atoms with Crippen LogP contribution in [0.25, 0.3) is 22.5 Å². The number of carbonyl (C=O) groups is 1. The number of ether oxygens (including phenoxy) is 3. The van der Waals surface area contributed by atoms with Crippen molar-refractivity contribution in [2.75, 3.05) is 20.8 Å². The molecule has 2 N–H and O–H groups in total. The first-order chi connectivity index (χ1) is 15.4. The summed E-state index contributed by atoms with van der Waals surface area (Å²) in [6.45, 7) is 4.43. The predicted molar refractivity (Wildman–Crippen MR) is 121 cm³/mol. The number of benzene rings is 2. The van der Waals surface area contributed by atoms with Crippen LogP contribution in [0, 0.1) is 0 Å². The summed E-state index contributed by atoms with van der Waals surface area (Å²) in [4.78, 5) is 11.6. The van der Waals surface area contributed by atoms with Crippen LogP contribution >= 0.6 is 0 Å². The van der Waals surface area contributed by atoms with Crippen LogP contribution in [-0.4, -0.2) is 52.9 Å². The van der Waals surface area contributed by atoms with E-state index >= 15 is 0 Å². The van der Waals surface area contributed by atoms with Gasteiger partial charge >= 0.3 is 5.97 Å². The summed E-state index contributed by atoms with van der Waals surface area (Å²) in [5.74, 6) is 0.600. The molecule has 1 heterocycles. The third-order valence-corrected chi connectivity index (χ3v) is 5.12. The van der Waals surface area contributed by atoms with Gasteiger partial charge in [-0.2, -0.15) is 5.10 Å². The van der Waals surface area contributed by atoms with Crippen LogP contribution in [0.2, 0.25) is 0 Å². The zero-order valence-electron chi connectivity index (χ0n) is 18.7. The highest BCUT2D eigenvalue weighted by Gasteiger charge is 2.21. The average molecular weight is 440 g/mol. The predicted octanol–water partition coefficient (Wildman–Crippen LogP) is 4.10. The monoisotopic (exact) mass is 440 g/mol. The van der Waals surface area contributed by atoms with Crippen molar-refractivity contribution < 1.29 is 29.2 Å². The Morgan fingerprint density at radius 2 is 1.84 bits per heavy atom. The minimum absolute atomic E-state index is 0.132.